The first-order valence-electron chi connectivity index (χ1n) is 7.95. The molecule has 0 saturated carbocycles. The lowest BCUT2D eigenvalue weighted by Crippen LogP contribution is -2.08. The topological polar surface area (TPSA) is 93.0 Å². The minimum atomic E-state index is -0.525. The maximum Gasteiger partial charge on any atom is 0.353 e. The molecule has 2 N–H and O–H groups in total. The average molecular weight is 404 g/mol. The number of anilines is 3. The normalized spacial score (nSPS) is 10.5. The summed E-state index contributed by atoms with van der Waals surface area (Å²) in [6, 6.07) is 12.4. The molecule has 0 spiro atoms. The van der Waals surface area contributed by atoms with Gasteiger partial charge in [-0.3, -0.25) is 10.1 Å². The quantitative estimate of drug-likeness (QED) is 0.425. The van der Waals surface area contributed by atoms with Crippen LogP contribution in [0.15, 0.2) is 48.8 Å². The smallest absolute Gasteiger partial charge is 0.353 e. The van der Waals surface area contributed by atoms with Gasteiger partial charge in [-0.1, -0.05) is 41.4 Å². The molecule has 0 aliphatic carbocycles. The van der Waals surface area contributed by atoms with Crippen LogP contribution in [0.3, 0.4) is 0 Å². The molecule has 0 saturated heterocycles. The number of benzene rings is 2. The van der Waals surface area contributed by atoms with E-state index in [1.54, 1.807) is 24.3 Å². The summed E-state index contributed by atoms with van der Waals surface area (Å²) < 4.78 is 0. The zero-order chi connectivity index (χ0) is 19.4. The third-order valence-electron chi connectivity index (χ3n) is 3.85. The Bertz CT molecular complexity index is 997. The zero-order valence-electron chi connectivity index (χ0n) is 14.2. The van der Waals surface area contributed by atoms with E-state index >= 15 is 0 Å². The van der Waals surface area contributed by atoms with E-state index in [1.165, 1.54) is 6.33 Å². The van der Waals surface area contributed by atoms with E-state index in [2.05, 4.69) is 20.6 Å². The molecule has 2 aromatic carbocycles. The van der Waals surface area contributed by atoms with Crippen molar-refractivity contribution in [1.29, 1.82) is 0 Å². The Labute approximate surface area is 165 Å². The average Bonchev–Trinajstić information content (AvgIpc) is 2.63. The van der Waals surface area contributed by atoms with Gasteiger partial charge in [0.1, 0.15) is 6.33 Å². The lowest BCUT2D eigenvalue weighted by molar-refractivity contribution is -0.383. The van der Waals surface area contributed by atoms with Crippen LogP contribution in [-0.2, 0) is 6.54 Å². The minimum absolute atomic E-state index is 0.0853. The fraction of sp³-hybridized carbons (Fsp3) is 0.111. The number of hydrogen-bond acceptors (Lipinski definition) is 6. The van der Waals surface area contributed by atoms with Crippen LogP contribution in [0.1, 0.15) is 11.1 Å². The van der Waals surface area contributed by atoms with Gasteiger partial charge in [0.05, 0.1) is 4.92 Å². The second-order valence-corrected chi connectivity index (χ2v) is 6.55. The van der Waals surface area contributed by atoms with Crippen LogP contribution in [0, 0.1) is 17.0 Å². The van der Waals surface area contributed by atoms with E-state index in [-0.39, 0.29) is 23.9 Å². The lowest BCUT2D eigenvalue weighted by atomic mass is 10.2. The van der Waals surface area contributed by atoms with E-state index in [1.807, 2.05) is 25.1 Å². The first-order chi connectivity index (χ1) is 13.0. The first kappa shape index (κ1) is 18.9. The van der Waals surface area contributed by atoms with Gasteiger partial charge in [-0.15, -0.1) is 0 Å². The van der Waals surface area contributed by atoms with Gasteiger partial charge in [-0.25, -0.2) is 9.97 Å². The summed E-state index contributed by atoms with van der Waals surface area (Å²) in [5.74, 6) is 0.186. The predicted molar refractivity (Wildman–Crippen MR) is 107 cm³/mol. The zero-order valence-corrected chi connectivity index (χ0v) is 15.8. The fourth-order valence-corrected chi connectivity index (χ4v) is 2.92. The van der Waals surface area contributed by atoms with E-state index in [0.717, 1.165) is 11.1 Å². The van der Waals surface area contributed by atoms with Gasteiger partial charge in [0.25, 0.3) is 0 Å². The SMILES string of the molecule is Cc1cc(Cl)ccc1Nc1ncnc(NCc2ccccc2Cl)c1[N+](=O)[O-]. The highest BCUT2D eigenvalue weighted by Gasteiger charge is 2.23. The number of aryl methyl sites for hydroxylation is 1. The maximum atomic E-state index is 11.6. The van der Waals surface area contributed by atoms with Gasteiger partial charge < -0.3 is 10.6 Å². The Morgan fingerprint density at radius 3 is 2.56 bits per heavy atom. The highest BCUT2D eigenvalue weighted by Crippen LogP contribution is 2.33. The number of halogens is 2. The molecule has 3 rings (SSSR count). The summed E-state index contributed by atoms with van der Waals surface area (Å²) in [6.45, 7) is 2.13. The number of nitrogens with zero attached hydrogens (tertiary/aromatic N) is 3. The van der Waals surface area contributed by atoms with Crippen molar-refractivity contribution >= 4 is 46.2 Å². The molecule has 0 amide bonds. The van der Waals surface area contributed by atoms with Crippen LogP contribution in [-0.4, -0.2) is 14.9 Å². The van der Waals surface area contributed by atoms with E-state index in [9.17, 15) is 10.1 Å². The summed E-state index contributed by atoms with van der Waals surface area (Å²) in [6.07, 6.45) is 1.26. The van der Waals surface area contributed by atoms with Gasteiger partial charge in [0.2, 0.25) is 11.6 Å². The Balaban J connectivity index is 1.90. The fourth-order valence-electron chi connectivity index (χ4n) is 2.49. The lowest BCUT2D eigenvalue weighted by Gasteiger charge is -2.12. The standard InChI is InChI=1S/C18H15Cl2N5O2/c1-11-8-13(19)6-7-15(11)24-18-16(25(26)27)17(22-10-23-18)21-9-12-4-2-3-5-14(12)20/h2-8,10H,9H2,1H3,(H2,21,22,23,24). The van der Waals surface area contributed by atoms with Gasteiger partial charge >= 0.3 is 5.69 Å². The van der Waals surface area contributed by atoms with E-state index in [4.69, 9.17) is 23.2 Å². The van der Waals surface area contributed by atoms with Crippen molar-refractivity contribution in [2.75, 3.05) is 10.6 Å². The number of hydrogen-bond donors (Lipinski definition) is 2. The minimum Gasteiger partial charge on any atom is -0.360 e. The Kier molecular flexibility index (Phi) is 5.73. The van der Waals surface area contributed by atoms with Crippen molar-refractivity contribution in [3.8, 4) is 0 Å². The summed E-state index contributed by atoms with van der Waals surface area (Å²) in [7, 11) is 0. The highest BCUT2D eigenvalue weighted by atomic mass is 35.5. The number of aromatic nitrogens is 2. The number of nitrogens with one attached hydrogen (secondary N) is 2. The second-order valence-electron chi connectivity index (χ2n) is 5.71. The molecule has 138 valence electrons. The second kappa shape index (κ2) is 8.20. The summed E-state index contributed by atoms with van der Waals surface area (Å²) in [5.41, 5.74) is 2.05. The molecular weight excluding hydrogens is 389 g/mol. The molecule has 27 heavy (non-hydrogen) atoms. The van der Waals surface area contributed by atoms with Crippen molar-refractivity contribution in [3.05, 3.63) is 80.1 Å². The molecular formula is C18H15Cl2N5O2. The van der Waals surface area contributed by atoms with Crippen molar-refractivity contribution in [2.24, 2.45) is 0 Å². The van der Waals surface area contributed by atoms with Gasteiger partial charge in [-0.2, -0.15) is 0 Å². The number of nitro groups is 1. The van der Waals surface area contributed by atoms with Crippen LogP contribution in [0.25, 0.3) is 0 Å². The molecule has 0 fully saturated rings. The first-order valence-corrected chi connectivity index (χ1v) is 8.71. The summed E-state index contributed by atoms with van der Waals surface area (Å²) >= 11 is 12.1. The molecule has 1 heterocycles. The van der Waals surface area contributed by atoms with Crippen molar-refractivity contribution in [1.82, 2.24) is 9.97 Å². The maximum absolute atomic E-state index is 11.6. The van der Waals surface area contributed by atoms with Crippen molar-refractivity contribution < 1.29 is 4.92 Å². The highest BCUT2D eigenvalue weighted by molar-refractivity contribution is 6.31. The molecule has 0 aliphatic rings. The Morgan fingerprint density at radius 2 is 1.85 bits per heavy atom. The van der Waals surface area contributed by atoms with Crippen LogP contribution in [0.2, 0.25) is 10.0 Å². The van der Waals surface area contributed by atoms with Crippen LogP contribution in [0.5, 0.6) is 0 Å². The van der Waals surface area contributed by atoms with E-state index < -0.39 is 4.92 Å². The van der Waals surface area contributed by atoms with E-state index in [0.29, 0.717) is 15.7 Å². The van der Waals surface area contributed by atoms with Crippen LogP contribution < -0.4 is 10.6 Å². The number of rotatable bonds is 6. The Hall–Kier alpha value is -2.90. The molecule has 1 aromatic heterocycles. The van der Waals surface area contributed by atoms with Crippen LogP contribution in [0.4, 0.5) is 23.0 Å². The van der Waals surface area contributed by atoms with Crippen molar-refractivity contribution in [3.63, 3.8) is 0 Å². The Morgan fingerprint density at radius 1 is 1.11 bits per heavy atom. The van der Waals surface area contributed by atoms with Gasteiger partial charge in [-0.05, 0) is 42.3 Å². The molecule has 9 heteroatoms. The third-order valence-corrected chi connectivity index (χ3v) is 4.45. The molecule has 3 aromatic rings. The molecule has 0 unspecified atom stereocenters. The molecule has 0 aliphatic heterocycles. The monoisotopic (exact) mass is 403 g/mol. The third kappa shape index (κ3) is 4.45. The van der Waals surface area contributed by atoms with Gasteiger partial charge in [0.15, 0.2) is 0 Å². The molecule has 0 radical (unpaired) electrons. The predicted octanol–water partition coefficient (Wildman–Crippen LogP) is 5.36. The molecule has 0 atom stereocenters. The molecule has 0 bridgehead atoms. The van der Waals surface area contributed by atoms with Crippen LogP contribution >= 0.6 is 23.2 Å². The molecule has 7 nitrogen and oxygen atoms in total. The van der Waals surface area contributed by atoms with Gasteiger partial charge in [0, 0.05) is 22.3 Å². The summed E-state index contributed by atoms with van der Waals surface area (Å²) in [5, 5.41) is 18.7. The summed E-state index contributed by atoms with van der Waals surface area (Å²) in [4.78, 5) is 19.2. The van der Waals surface area contributed by atoms with Crippen molar-refractivity contribution in [2.45, 2.75) is 13.5 Å². The largest absolute Gasteiger partial charge is 0.360 e.